The van der Waals surface area contributed by atoms with Crippen molar-refractivity contribution in [1.82, 2.24) is 4.98 Å². The summed E-state index contributed by atoms with van der Waals surface area (Å²) in [5.41, 5.74) is 0.838. The molecule has 2 heterocycles. The van der Waals surface area contributed by atoms with Crippen molar-refractivity contribution in [2.75, 3.05) is 32.0 Å². The van der Waals surface area contributed by atoms with Crippen LogP contribution in [-0.2, 0) is 4.79 Å². The van der Waals surface area contributed by atoms with Crippen molar-refractivity contribution < 1.29 is 33.6 Å². The Morgan fingerprint density at radius 3 is 2.80 bits per heavy atom. The Hall–Kier alpha value is -3.49. The van der Waals surface area contributed by atoms with Crippen LogP contribution in [0.2, 0.25) is 0 Å². The topological polar surface area (TPSA) is 107 Å². The molecule has 1 aromatic heterocycles. The van der Waals surface area contributed by atoms with Crippen molar-refractivity contribution in [2.24, 2.45) is 5.92 Å². The van der Waals surface area contributed by atoms with Crippen LogP contribution < -0.4 is 23.8 Å². The molecule has 1 atom stereocenters. The molecule has 9 nitrogen and oxygen atoms in total. The highest BCUT2D eigenvalue weighted by Gasteiger charge is 2.28. The number of hydrogen-bond acceptors (Lipinski definition) is 7. The lowest BCUT2D eigenvalue weighted by Crippen LogP contribution is -2.38. The van der Waals surface area contributed by atoms with Gasteiger partial charge in [-0.1, -0.05) is 20.3 Å². The Labute approximate surface area is 174 Å². The van der Waals surface area contributed by atoms with E-state index in [1.165, 1.54) is 18.2 Å². The number of carboxylic acids is 1. The standard InChI is InChI=1S/C21H24N2O7/c1-4-13(2)10-29-19-8-17-15(9-22-19)21(26)23(12-30-17)14-5-6-16(18(7-14)27-3)28-11-20(24)25/h5-9,13H,4,10-12H2,1-3H3,(H,24,25). The average molecular weight is 416 g/mol. The Balaban J connectivity index is 1.77. The summed E-state index contributed by atoms with van der Waals surface area (Å²) in [6.45, 7) is 4.21. The van der Waals surface area contributed by atoms with Gasteiger partial charge in [0, 0.05) is 18.3 Å². The lowest BCUT2D eigenvalue weighted by molar-refractivity contribution is -0.139. The molecule has 0 aliphatic carbocycles. The fraction of sp³-hybridized carbons (Fsp3) is 0.381. The van der Waals surface area contributed by atoms with E-state index in [1.807, 2.05) is 0 Å². The first-order chi connectivity index (χ1) is 14.4. The van der Waals surface area contributed by atoms with Crippen molar-refractivity contribution in [3.63, 3.8) is 0 Å². The first-order valence-corrected chi connectivity index (χ1v) is 9.53. The number of aliphatic carboxylic acids is 1. The molecule has 1 amide bonds. The molecule has 30 heavy (non-hydrogen) atoms. The van der Waals surface area contributed by atoms with Gasteiger partial charge in [0.2, 0.25) is 5.88 Å². The lowest BCUT2D eigenvalue weighted by atomic mass is 10.1. The number of amides is 1. The summed E-state index contributed by atoms with van der Waals surface area (Å²) in [5.74, 6) is 0.420. The summed E-state index contributed by atoms with van der Waals surface area (Å²) in [6, 6.07) is 6.38. The molecule has 3 rings (SSSR count). The molecule has 0 bridgehead atoms. The molecule has 0 saturated heterocycles. The molecule has 0 radical (unpaired) electrons. The molecule has 1 unspecified atom stereocenters. The third-order valence-electron chi connectivity index (χ3n) is 4.69. The Morgan fingerprint density at radius 2 is 2.10 bits per heavy atom. The molecule has 2 aromatic rings. The van der Waals surface area contributed by atoms with Crippen LogP contribution in [0.15, 0.2) is 30.5 Å². The quantitative estimate of drug-likeness (QED) is 0.665. The highest BCUT2D eigenvalue weighted by molar-refractivity contribution is 6.08. The van der Waals surface area contributed by atoms with Crippen molar-refractivity contribution in [3.05, 3.63) is 36.0 Å². The van der Waals surface area contributed by atoms with E-state index in [9.17, 15) is 9.59 Å². The van der Waals surface area contributed by atoms with Crippen LogP contribution in [0.5, 0.6) is 23.1 Å². The van der Waals surface area contributed by atoms with Gasteiger partial charge >= 0.3 is 5.97 Å². The Morgan fingerprint density at radius 1 is 1.30 bits per heavy atom. The lowest BCUT2D eigenvalue weighted by Gasteiger charge is -2.29. The number of carboxylic acid groups (broad SMARTS) is 1. The molecule has 0 saturated carbocycles. The second kappa shape index (κ2) is 9.34. The number of aromatic nitrogens is 1. The third-order valence-corrected chi connectivity index (χ3v) is 4.69. The normalized spacial score (nSPS) is 13.8. The molecule has 9 heteroatoms. The molecular formula is C21H24N2O7. The highest BCUT2D eigenvalue weighted by Crippen LogP contribution is 2.35. The zero-order chi connectivity index (χ0) is 21.7. The first kappa shape index (κ1) is 21.2. The predicted octanol–water partition coefficient (Wildman–Crippen LogP) is 2.98. The molecule has 0 fully saturated rings. The predicted molar refractivity (Wildman–Crippen MR) is 108 cm³/mol. The minimum absolute atomic E-state index is 0.000860. The summed E-state index contributed by atoms with van der Waals surface area (Å²) < 4.78 is 21.9. The molecule has 0 spiro atoms. The maximum absolute atomic E-state index is 13.0. The monoisotopic (exact) mass is 416 g/mol. The minimum atomic E-state index is -1.10. The molecule has 1 aromatic carbocycles. The van der Waals surface area contributed by atoms with Gasteiger partial charge in [0.15, 0.2) is 24.8 Å². The molecule has 1 aliphatic rings. The van der Waals surface area contributed by atoms with Gasteiger partial charge in [-0.05, 0) is 18.1 Å². The number of carbonyl (C=O) groups excluding carboxylic acids is 1. The molecular weight excluding hydrogens is 392 g/mol. The van der Waals surface area contributed by atoms with Crippen LogP contribution in [0.4, 0.5) is 5.69 Å². The van der Waals surface area contributed by atoms with Gasteiger partial charge in [0.05, 0.1) is 19.4 Å². The number of carbonyl (C=O) groups is 2. The molecule has 1 N–H and O–H groups in total. The average Bonchev–Trinajstić information content (AvgIpc) is 2.76. The minimum Gasteiger partial charge on any atom is -0.493 e. The van der Waals surface area contributed by atoms with E-state index in [0.717, 1.165) is 6.42 Å². The summed E-state index contributed by atoms with van der Waals surface area (Å²) in [4.78, 5) is 29.3. The number of rotatable bonds is 9. The fourth-order valence-corrected chi connectivity index (χ4v) is 2.74. The van der Waals surface area contributed by atoms with Gasteiger partial charge < -0.3 is 24.1 Å². The van der Waals surface area contributed by atoms with Gasteiger partial charge in [-0.25, -0.2) is 9.78 Å². The van der Waals surface area contributed by atoms with E-state index < -0.39 is 12.6 Å². The zero-order valence-corrected chi connectivity index (χ0v) is 17.1. The van der Waals surface area contributed by atoms with Crippen molar-refractivity contribution in [2.45, 2.75) is 20.3 Å². The van der Waals surface area contributed by atoms with E-state index >= 15 is 0 Å². The van der Waals surface area contributed by atoms with Crippen LogP contribution >= 0.6 is 0 Å². The fourth-order valence-electron chi connectivity index (χ4n) is 2.74. The van der Waals surface area contributed by atoms with Crippen LogP contribution in [0, 0.1) is 5.92 Å². The largest absolute Gasteiger partial charge is 0.493 e. The number of benzene rings is 1. The van der Waals surface area contributed by atoms with Gasteiger partial charge in [0.25, 0.3) is 5.91 Å². The van der Waals surface area contributed by atoms with Gasteiger partial charge in [-0.2, -0.15) is 0 Å². The van der Waals surface area contributed by atoms with E-state index in [1.54, 1.807) is 24.3 Å². The smallest absolute Gasteiger partial charge is 0.341 e. The second-order valence-corrected chi connectivity index (χ2v) is 6.87. The number of pyridine rings is 1. The van der Waals surface area contributed by atoms with Crippen molar-refractivity contribution in [3.8, 4) is 23.1 Å². The summed E-state index contributed by atoms with van der Waals surface area (Å²) in [7, 11) is 1.43. The summed E-state index contributed by atoms with van der Waals surface area (Å²) in [6.07, 6.45) is 2.44. The summed E-state index contributed by atoms with van der Waals surface area (Å²) >= 11 is 0. The maximum atomic E-state index is 13.0. The summed E-state index contributed by atoms with van der Waals surface area (Å²) in [5, 5.41) is 8.77. The SMILES string of the molecule is CCC(C)COc1cc2c(cn1)C(=O)N(c1ccc(OCC(=O)O)c(OC)c1)CO2. The van der Waals surface area contributed by atoms with Gasteiger partial charge in [-0.15, -0.1) is 0 Å². The number of methoxy groups -OCH3 is 1. The number of anilines is 1. The Kier molecular flexibility index (Phi) is 6.61. The van der Waals surface area contributed by atoms with Crippen molar-refractivity contribution in [1.29, 1.82) is 0 Å². The van der Waals surface area contributed by atoms with Gasteiger partial charge in [0.1, 0.15) is 11.3 Å². The van der Waals surface area contributed by atoms with E-state index in [4.69, 9.17) is 24.1 Å². The van der Waals surface area contributed by atoms with E-state index in [2.05, 4.69) is 18.8 Å². The molecule has 1 aliphatic heterocycles. The van der Waals surface area contributed by atoms with Crippen molar-refractivity contribution >= 4 is 17.6 Å². The number of ether oxygens (including phenoxy) is 4. The zero-order valence-electron chi connectivity index (χ0n) is 17.1. The van der Waals surface area contributed by atoms with Crippen LogP contribution in [0.25, 0.3) is 0 Å². The number of hydrogen-bond donors (Lipinski definition) is 1. The first-order valence-electron chi connectivity index (χ1n) is 9.53. The van der Waals surface area contributed by atoms with Crippen LogP contribution in [-0.4, -0.2) is 49.0 Å². The van der Waals surface area contributed by atoms with Gasteiger partial charge in [-0.3, -0.25) is 9.69 Å². The number of fused-ring (bicyclic) bond motifs is 1. The Bertz CT molecular complexity index is 932. The van der Waals surface area contributed by atoms with E-state index in [-0.39, 0.29) is 18.4 Å². The highest BCUT2D eigenvalue weighted by atomic mass is 16.5. The third kappa shape index (κ3) is 4.73. The number of nitrogens with zero attached hydrogens (tertiary/aromatic N) is 2. The van der Waals surface area contributed by atoms with E-state index in [0.29, 0.717) is 41.2 Å². The van der Waals surface area contributed by atoms with Crippen LogP contribution in [0.1, 0.15) is 30.6 Å². The maximum Gasteiger partial charge on any atom is 0.341 e. The van der Waals surface area contributed by atoms with Crippen LogP contribution in [0.3, 0.4) is 0 Å². The second-order valence-electron chi connectivity index (χ2n) is 6.87. The molecule has 160 valence electrons.